The smallest absolute Gasteiger partial charge is 0.336 e. The summed E-state index contributed by atoms with van der Waals surface area (Å²) >= 11 is 5.89. The van der Waals surface area contributed by atoms with Gasteiger partial charge < -0.3 is 9.84 Å². The summed E-state index contributed by atoms with van der Waals surface area (Å²) in [5.41, 5.74) is 1.40. The van der Waals surface area contributed by atoms with Crippen molar-refractivity contribution in [3.05, 3.63) is 47.1 Å². The van der Waals surface area contributed by atoms with Crippen LogP contribution in [0.5, 0.6) is 5.88 Å². The Morgan fingerprint density at radius 1 is 1.33 bits per heavy atom. The number of nitrogens with zero attached hydrogens (tertiary/aromatic N) is 1. The molecule has 0 fully saturated rings. The molecule has 92 valence electrons. The fourth-order valence-electron chi connectivity index (χ4n) is 1.60. The second kappa shape index (κ2) is 5.06. The van der Waals surface area contributed by atoms with Gasteiger partial charge in [0.2, 0.25) is 5.88 Å². The molecule has 5 heteroatoms. The van der Waals surface area contributed by atoms with Crippen LogP contribution in [0.25, 0.3) is 11.1 Å². The minimum Gasteiger partial charge on any atom is -0.481 e. The lowest BCUT2D eigenvalue weighted by molar-refractivity contribution is 0.0698. The molecule has 0 aliphatic carbocycles. The van der Waals surface area contributed by atoms with Crippen molar-refractivity contribution in [2.75, 3.05) is 7.11 Å². The van der Waals surface area contributed by atoms with Crippen molar-refractivity contribution in [1.29, 1.82) is 0 Å². The molecule has 0 saturated heterocycles. The number of carboxylic acids is 1. The van der Waals surface area contributed by atoms with Crippen LogP contribution in [0.2, 0.25) is 5.02 Å². The first-order valence-corrected chi connectivity index (χ1v) is 5.53. The van der Waals surface area contributed by atoms with Crippen LogP contribution in [-0.2, 0) is 0 Å². The number of carbonyl (C=O) groups is 1. The van der Waals surface area contributed by atoms with Crippen LogP contribution in [0.1, 0.15) is 10.4 Å². The third-order valence-electron chi connectivity index (χ3n) is 2.47. The van der Waals surface area contributed by atoms with Gasteiger partial charge in [-0.25, -0.2) is 9.78 Å². The number of hydrogen-bond acceptors (Lipinski definition) is 3. The van der Waals surface area contributed by atoms with E-state index in [1.807, 2.05) is 0 Å². The number of carboxylic acid groups (broad SMARTS) is 1. The van der Waals surface area contributed by atoms with E-state index in [1.54, 1.807) is 30.5 Å². The fraction of sp³-hybridized carbons (Fsp3) is 0.0769. The van der Waals surface area contributed by atoms with Gasteiger partial charge in [-0.15, -0.1) is 0 Å². The van der Waals surface area contributed by atoms with E-state index in [-0.39, 0.29) is 5.56 Å². The number of aromatic nitrogens is 1. The molecule has 2 rings (SSSR count). The largest absolute Gasteiger partial charge is 0.481 e. The van der Waals surface area contributed by atoms with Crippen LogP contribution in [0.4, 0.5) is 0 Å². The molecule has 0 unspecified atom stereocenters. The third kappa shape index (κ3) is 2.43. The van der Waals surface area contributed by atoms with Gasteiger partial charge in [-0.2, -0.15) is 0 Å². The Morgan fingerprint density at radius 2 is 2.11 bits per heavy atom. The molecular formula is C13H10ClNO3. The van der Waals surface area contributed by atoms with Gasteiger partial charge in [0.15, 0.2) is 0 Å². The molecule has 0 saturated carbocycles. The van der Waals surface area contributed by atoms with Crippen molar-refractivity contribution in [3.8, 4) is 17.0 Å². The van der Waals surface area contributed by atoms with Crippen molar-refractivity contribution in [2.45, 2.75) is 0 Å². The number of hydrogen-bond donors (Lipinski definition) is 1. The summed E-state index contributed by atoms with van der Waals surface area (Å²) in [5.74, 6) is -0.532. The Bertz CT molecular complexity index is 581. The molecular weight excluding hydrogens is 254 g/mol. The maximum Gasteiger partial charge on any atom is 0.336 e. The predicted octanol–water partition coefficient (Wildman–Crippen LogP) is 3.11. The lowest BCUT2D eigenvalue weighted by Crippen LogP contribution is -1.99. The van der Waals surface area contributed by atoms with Crippen molar-refractivity contribution < 1.29 is 14.6 Å². The summed E-state index contributed by atoms with van der Waals surface area (Å²) in [6, 6.07) is 8.04. The van der Waals surface area contributed by atoms with E-state index < -0.39 is 5.97 Å². The average Bonchev–Trinajstić information content (AvgIpc) is 2.38. The number of pyridine rings is 1. The number of methoxy groups -OCH3 is 1. The van der Waals surface area contributed by atoms with E-state index in [1.165, 1.54) is 13.2 Å². The lowest BCUT2D eigenvalue weighted by atomic mass is 10.0. The van der Waals surface area contributed by atoms with Crippen molar-refractivity contribution in [3.63, 3.8) is 0 Å². The molecule has 0 atom stereocenters. The van der Waals surface area contributed by atoms with E-state index in [0.29, 0.717) is 22.0 Å². The Morgan fingerprint density at radius 3 is 2.67 bits per heavy atom. The highest BCUT2D eigenvalue weighted by Gasteiger charge is 2.12. The molecule has 0 spiro atoms. The Hall–Kier alpha value is -2.07. The average molecular weight is 264 g/mol. The molecule has 18 heavy (non-hydrogen) atoms. The first kappa shape index (κ1) is 12.4. The van der Waals surface area contributed by atoms with E-state index in [0.717, 1.165) is 0 Å². The predicted molar refractivity (Wildman–Crippen MR) is 68.2 cm³/mol. The molecule has 4 nitrogen and oxygen atoms in total. The first-order chi connectivity index (χ1) is 8.61. The highest BCUT2D eigenvalue weighted by molar-refractivity contribution is 6.31. The summed E-state index contributed by atoms with van der Waals surface area (Å²) in [7, 11) is 1.52. The first-order valence-electron chi connectivity index (χ1n) is 5.15. The van der Waals surface area contributed by atoms with Crippen LogP contribution in [0, 0.1) is 0 Å². The molecule has 0 aliphatic heterocycles. The van der Waals surface area contributed by atoms with Crippen molar-refractivity contribution in [2.24, 2.45) is 0 Å². The normalized spacial score (nSPS) is 10.1. The van der Waals surface area contributed by atoms with Gasteiger partial charge in [0.05, 0.1) is 12.7 Å². The highest BCUT2D eigenvalue weighted by Crippen LogP contribution is 2.27. The van der Waals surface area contributed by atoms with Crippen LogP contribution in [0.3, 0.4) is 0 Å². The van der Waals surface area contributed by atoms with E-state index in [4.69, 9.17) is 21.4 Å². The number of halogens is 1. The van der Waals surface area contributed by atoms with Crippen molar-refractivity contribution in [1.82, 2.24) is 4.98 Å². The monoisotopic (exact) mass is 263 g/mol. The molecule has 0 bridgehead atoms. The minimum absolute atomic E-state index is 0.186. The molecule has 1 heterocycles. The zero-order chi connectivity index (χ0) is 13.1. The summed E-state index contributed by atoms with van der Waals surface area (Å²) in [4.78, 5) is 15.2. The number of rotatable bonds is 3. The lowest BCUT2D eigenvalue weighted by Gasteiger charge is -2.07. The van der Waals surface area contributed by atoms with Crippen molar-refractivity contribution >= 4 is 17.6 Å². The van der Waals surface area contributed by atoms with E-state index in [9.17, 15) is 4.79 Å². The zero-order valence-electron chi connectivity index (χ0n) is 9.55. The maximum atomic E-state index is 11.1. The molecule has 0 aliphatic rings. The van der Waals surface area contributed by atoms with Crippen LogP contribution in [-0.4, -0.2) is 23.2 Å². The molecule has 0 radical (unpaired) electrons. The second-order valence-electron chi connectivity index (χ2n) is 3.58. The van der Waals surface area contributed by atoms with Gasteiger partial charge >= 0.3 is 5.97 Å². The van der Waals surface area contributed by atoms with Crippen LogP contribution < -0.4 is 4.74 Å². The fourth-order valence-corrected chi connectivity index (χ4v) is 1.77. The summed E-state index contributed by atoms with van der Waals surface area (Å²) < 4.78 is 4.95. The van der Waals surface area contributed by atoms with Gasteiger partial charge in [0.1, 0.15) is 0 Å². The molecule has 2 aromatic rings. The molecule has 0 amide bonds. The zero-order valence-corrected chi connectivity index (χ0v) is 10.3. The van der Waals surface area contributed by atoms with Gasteiger partial charge in [0, 0.05) is 22.8 Å². The van der Waals surface area contributed by atoms with Crippen LogP contribution in [0.15, 0.2) is 36.5 Å². The quantitative estimate of drug-likeness (QED) is 0.924. The summed E-state index contributed by atoms with van der Waals surface area (Å²) in [5, 5.41) is 9.61. The SMILES string of the molecule is COc1ccc(-c2cc(Cl)ccc2C(=O)O)cn1. The van der Waals surface area contributed by atoms with E-state index >= 15 is 0 Å². The highest BCUT2D eigenvalue weighted by atomic mass is 35.5. The number of ether oxygens (including phenoxy) is 1. The minimum atomic E-state index is -1.00. The Balaban J connectivity index is 2.54. The van der Waals surface area contributed by atoms with Crippen LogP contribution >= 0.6 is 11.6 Å². The molecule has 1 N–H and O–H groups in total. The Labute approximate surface area is 109 Å². The maximum absolute atomic E-state index is 11.1. The number of aromatic carboxylic acids is 1. The summed E-state index contributed by atoms with van der Waals surface area (Å²) in [6.07, 6.45) is 1.55. The summed E-state index contributed by atoms with van der Waals surface area (Å²) in [6.45, 7) is 0. The number of benzene rings is 1. The topological polar surface area (TPSA) is 59.4 Å². The van der Waals surface area contributed by atoms with Gasteiger partial charge in [-0.1, -0.05) is 11.6 Å². The third-order valence-corrected chi connectivity index (χ3v) is 2.70. The van der Waals surface area contributed by atoms with Gasteiger partial charge in [0.25, 0.3) is 0 Å². The Kier molecular flexibility index (Phi) is 3.48. The second-order valence-corrected chi connectivity index (χ2v) is 4.02. The standard InChI is InChI=1S/C13H10ClNO3/c1-18-12-5-2-8(7-15-12)11-6-9(14)3-4-10(11)13(16)17/h2-7H,1H3,(H,16,17). The van der Waals surface area contributed by atoms with Gasteiger partial charge in [-0.3, -0.25) is 0 Å². The van der Waals surface area contributed by atoms with E-state index in [2.05, 4.69) is 4.98 Å². The molecule has 1 aromatic heterocycles. The van der Waals surface area contributed by atoms with Gasteiger partial charge in [-0.05, 0) is 29.8 Å². The molecule has 1 aromatic carbocycles.